The Bertz CT molecular complexity index is 1210. The Kier molecular flexibility index (Phi) is 7.91. The predicted molar refractivity (Wildman–Crippen MR) is 144 cm³/mol. The van der Waals surface area contributed by atoms with E-state index in [0.29, 0.717) is 5.02 Å². The highest BCUT2D eigenvalue weighted by Crippen LogP contribution is 2.36. The number of piperazine rings is 1. The van der Waals surface area contributed by atoms with Gasteiger partial charge in [0.15, 0.2) is 0 Å². The van der Waals surface area contributed by atoms with Crippen LogP contribution >= 0.6 is 11.6 Å². The molecular weight excluding hydrogens is 494 g/mol. The van der Waals surface area contributed by atoms with Crippen LogP contribution in [0.4, 0.5) is 14.5 Å². The summed E-state index contributed by atoms with van der Waals surface area (Å²) in [7, 11) is 0. The number of nitrogens with one attached hydrogen (secondary N) is 1. The van der Waals surface area contributed by atoms with Gasteiger partial charge in [-0.15, -0.1) is 0 Å². The SMILES string of the molecule is O=C(NC(CCN1CCN(c2ccnc3cc(Cl)ccc23)CC1)c1ccccc1)C1CCC(F)(F)CC1. The second-order valence-electron chi connectivity index (χ2n) is 10.2. The van der Waals surface area contributed by atoms with Crippen LogP contribution in [0.15, 0.2) is 60.8 Å². The number of alkyl halides is 2. The van der Waals surface area contributed by atoms with Gasteiger partial charge in [-0.1, -0.05) is 41.9 Å². The molecule has 1 atom stereocenters. The van der Waals surface area contributed by atoms with Crippen molar-refractivity contribution in [1.82, 2.24) is 15.2 Å². The van der Waals surface area contributed by atoms with Crippen LogP contribution in [-0.2, 0) is 4.79 Å². The molecule has 1 saturated heterocycles. The fourth-order valence-corrected chi connectivity index (χ4v) is 5.67. The molecule has 2 aromatic carbocycles. The topological polar surface area (TPSA) is 48.5 Å². The Morgan fingerprint density at radius 2 is 1.78 bits per heavy atom. The van der Waals surface area contributed by atoms with Crippen LogP contribution in [0.3, 0.4) is 0 Å². The minimum Gasteiger partial charge on any atom is -0.368 e. The molecule has 2 fully saturated rings. The summed E-state index contributed by atoms with van der Waals surface area (Å²) >= 11 is 6.15. The van der Waals surface area contributed by atoms with Crippen molar-refractivity contribution in [1.29, 1.82) is 0 Å². The van der Waals surface area contributed by atoms with E-state index in [1.165, 1.54) is 5.69 Å². The molecule has 2 aliphatic rings. The van der Waals surface area contributed by atoms with Gasteiger partial charge in [0.05, 0.1) is 11.6 Å². The Balaban J connectivity index is 1.19. The molecule has 1 aliphatic carbocycles. The van der Waals surface area contributed by atoms with Gasteiger partial charge in [0.2, 0.25) is 11.8 Å². The van der Waals surface area contributed by atoms with Crippen molar-refractivity contribution >= 4 is 34.1 Å². The number of hydrogen-bond acceptors (Lipinski definition) is 4. The van der Waals surface area contributed by atoms with E-state index in [4.69, 9.17) is 11.6 Å². The van der Waals surface area contributed by atoms with Gasteiger partial charge in [-0.2, -0.15) is 0 Å². The number of fused-ring (bicyclic) bond motifs is 1. The van der Waals surface area contributed by atoms with Gasteiger partial charge in [0, 0.05) is 73.8 Å². The van der Waals surface area contributed by atoms with Crippen molar-refractivity contribution < 1.29 is 13.6 Å². The molecule has 1 unspecified atom stereocenters. The van der Waals surface area contributed by atoms with Crippen LogP contribution in [0.1, 0.15) is 43.7 Å². The lowest BCUT2D eigenvalue weighted by Crippen LogP contribution is -2.47. The van der Waals surface area contributed by atoms with Crippen molar-refractivity contribution in [3.05, 3.63) is 71.4 Å². The largest absolute Gasteiger partial charge is 0.368 e. The first-order chi connectivity index (χ1) is 17.9. The number of amides is 1. The maximum atomic E-state index is 13.6. The number of pyridine rings is 1. The second-order valence-corrected chi connectivity index (χ2v) is 10.6. The number of carbonyl (C=O) groups excluding carboxylic acids is 1. The zero-order chi connectivity index (χ0) is 25.8. The van der Waals surface area contributed by atoms with Gasteiger partial charge in [-0.25, -0.2) is 8.78 Å². The summed E-state index contributed by atoms with van der Waals surface area (Å²) in [5.41, 5.74) is 3.13. The Hall–Kier alpha value is -2.77. The van der Waals surface area contributed by atoms with Crippen LogP contribution in [0.2, 0.25) is 5.02 Å². The molecule has 0 spiro atoms. The normalized spacial score (nSPS) is 19.6. The zero-order valence-electron chi connectivity index (χ0n) is 20.9. The minimum absolute atomic E-state index is 0.0983. The third kappa shape index (κ3) is 6.39. The van der Waals surface area contributed by atoms with Crippen molar-refractivity contribution in [3.8, 4) is 0 Å². The number of rotatable bonds is 7. The number of hydrogen-bond donors (Lipinski definition) is 1. The molecule has 8 heteroatoms. The number of halogens is 3. The van der Waals surface area contributed by atoms with Crippen molar-refractivity contribution in [2.75, 3.05) is 37.6 Å². The lowest BCUT2D eigenvalue weighted by atomic mass is 9.86. The highest BCUT2D eigenvalue weighted by atomic mass is 35.5. The molecule has 5 nitrogen and oxygen atoms in total. The van der Waals surface area contributed by atoms with E-state index >= 15 is 0 Å². The molecule has 3 aromatic rings. The summed E-state index contributed by atoms with van der Waals surface area (Å²) < 4.78 is 27.2. The van der Waals surface area contributed by atoms with Crippen molar-refractivity contribution in [3.63, 3.8) is 0 Å². The highest BCUT2D eigenvalue weighted by molar-refractivity contribution is 6.31. The second kappa shape index (κ2) is 11.3. The summed E-state index contributed by atoms with van der Waals surface area (Å²) in [6.45, 7) is 4.50. The number of nitrogens with zero attached hydrogens (tertiary/aromatic N) is 3. The Morgan fingerprint density at radius 1 is 1.05 bits per heavy atom. The lowest BCUT2D eigenvalue weighted by molar-refractivity contribution is -0.130. The van der Waals surface area contributed by atoms with E-state index in [-0.39, 0.29) is 43.6 Å². The van der Waals surface area contributed by atoms with Gasteiger partial charge >= 0.3 is 0 Å². The fraction of sp³-hybridized carbons (Fsp3) is 0.448. The van der Waals surface area contributed by atoms with Crippen LogP contribution < -0.4 is 10.2 Å². The van der Waals surface area contributed by atoms with Crippen LogP contribution in [-0.4, -0.2) is 54.4 Å². The average molecular weight is 527 g/mol. The average Bonchev–Trinajstić information content (AvgIpc) is 2.91. The number of anilines is 1. The Labute approximate surface area is 221 Å². The van der Waals surface area contributed by atoms with Crippen molar-refractivity contribution in [2.24, 2.45) is 5.92 Å². The maximum Gasteiger partial charge on any atom is 0.248 e. The van der Waals surface area contributed by atoms with Crippen molar-refractivity contribution in [2.45, 2.75) is 44.1 Å². The van der Waals surface area contributed by atoms with Crippen LogP contribution in [0.5, 0.6) is 0 Å². The summed E-state index contributed by atoms with van der Waals surface area (Å²) in [4.78, 5) is 22.3. The molecule has 5 rings (SSSR count). The summed E-state index contributed by atoms with van der Waals surface area (Å²) in [6.07, 6.45) is 2.70. The number of benzene rings is 2. The Morgan fingerprint density at radius 3 is 2.51 bits per heavy atom. The summed E-state index contributed by atoms with van der Waals surface area (Å²) in [5, 5.41) is 4.98. The minimum atomic E-state index is -2.63. The van der Waals surface area contributed by atoms with Crippen LogP contribution in [0.25, 0.3) is 10.9 Å². The van der Waals surface area contributed by atoms with E-state index in [9.17, 15) is 13.6 Å². The smallest absolute Gasteiger partial charge is 0.248 e. The maximum absolute atomic E-state index is 13.6. The van der Waals surface area contributed by atoms with Gasteiger partial charge in [-0.3, -0.25) is 14.7 Å². The quantitative estimate of drug-likeness (QED) is 0.405. The molecule has 37 heavy (non-hydrogen) atoms. The lowest BCUT2D eigenvalue weighted by Gasteiger charge is -2.37. The molecule has 1 aromatic heterocycles. The van der Waals surface area contributed by atoms with Crippen LogP contribution in [0, 0.1) is 5.92 Å². The van der Waals surface area contributed by atoms with E-state index in [1.807, 2.05) is 54.7 Å². The molecule has 0 radical (unpaired) electrons. The fourth-order valence-electron chi connectivity index (χ4n) is 5.51. The summed E-state index contributed by atoms with van der Waals surface area (Å²) in [5.74, 6) is -3.06. The monoisotopic (exact) mass is 526 g/mol. The van der Waals surface area contributed by atoms with Gasteiger partial charge < -0.3 is 10.2 Å². The third-order valence-corrected chi connectivity index (χ3v) is 7.97. The molecular formula is C29H33ClF2N4O. The van der Waals surface area contributed by atoms with E-state index < -0.39 is 5.92 Å². The third-order valence-electron chi connectivity index (χ3n) is 7.74. The molecule has 0 bridgehead atoms. The molecule has 1 saturated carbocycles. The van der Waals surface area contributed by atoms with Gasteiger partial charge in [-0.05, 0) is 49.1 Å². The molecule has 2 heterocycles. The van der Waals surface area contributed by atoms with E-state index in [2.05, 4.69) is 26.2 Å². The molecule has 196 valence electrons. The molecule has 1 N–H and O–H groups in total. The first-order valence-corrected chi connectivity index (χ1v) is 13.5. The number of aromatic nitrogens is 1. The zero-order valence-corrected chi connectivity index (χ0v) is 21.6. The highest BCUT2D eigenvalue weighted by Gasteiger charge is 2.37. The van der Waals surface area contributed by atoms with Gasteiger partial charge in [0.25, 0.3) is 0 Å². The first kappa shape index (κ1) is 25.9. The van der Waals surface area contributed by atoms with E-state index in [0.717, 1.165) is 55.6 Å². The summed E-state index contributed by atoms with van der Waals surface area (Å²) in [6, 6.07) is 17.7. The first-order valence-electron chi connectivity index (χ1n) is 13.1. The molecule has 1 aliphatic heterocycles. The number of carbonyl (C=O) groups is 1. The van der Waals surface area contributed by atoms with Gasteiger partial charge in [0.1, 0.15) is 0 Å². The van der Waals surface area contributed by atoms with E-state index in [1.54, 1.807) is 0 Å². The predicted octanol–water partition coefficient (Wildman–Crippen LogP) is 6.08. The molecule has 1 amide bonds. The standard InChI is InChI=1S/C29H33ClF2N4O/c30-23-6-7-24-26(20-23)33-14-10-27(24)36-18-16-35(17-19-36)15-11-25(21-4-2-1-3-5-21)34-28(37)22-8-12-29(31,32)13-9-22/h1-7,10,14,20,22,25H,8-9,11-13,15-19H2,(H,34,37).